The second kappa shape index (κ2) is 6.40. The van der Waals surface area contributed by atoms with Crippen LogP contribution in [0.25, 0.3) is 0 Å². The van der Waals surface area contributed by atoms with Crippen molar-refractivity contribution in [1.82, 2.24) is 0 Å². The Morgan fingerprint density at radius 3 is 2.53 bits per heavy atom. The number of rotatable bonds is 6. The maximum Gasteiger partial charge on any atom is 0.322 e. The Morgan fingerprint density at radius 2 is 2.06 bits per heavy atom. The predicted molar refractivity (Wildman–Crippen MR) is 74.0 cm³/mol. The van der Waals surface area contributed by atoms with Gasteiger partial charge in [-0.3, -0.25) is 4.79 Å². The number of para-hydroxylation sites is 1. The maximum atomic E-state index is 11.1. The Labute approximate surface area is 117 Å². The van der Waals surface area contributed by atoms with Crippen molar-refractivity contribution in [2.75, 3.05) is 0 Å². The molecule has 0 aliphatic rings. The third-order valence-electron chi connectivity index (χ3n) is 2.22. The first kappa shape index (κ1) is 14.5. The molecule has 2 unspecified atom stereocenters. The van der Waals surface area contributed by atoms with Gasteiger partial charge in [-0.25, -0.2) is 0 Å². The lowest BCUT2D eigenvalue weighted by Crippen LogP contribution is -2.43. The van der Waals surface area contributed by atoms with Crippen molar-refractivity contribution in [3.63, 3.8) is 0 Å². The molecule has 0 saturated carbocycles. The van der Waals surface area contributed by atoms with Gasteiger partial charge < -0.3 is 9.84 Å². The summed E-state index contributed by atoms with van der Waals surface area (Å²) in [6.45, 7) is 1.98. The van der Waals surface area contributed by atoms with E-state index in [-0.39, 0.29) is 0 Å². The number of carbonyl (C=O) groups is 1. The highest BCUT2D eigenvalue weighted by atomic mass is 79.9. The van der Waals surface area contributed by atoms with Crippen molar-refractivity contribution < 1.29 is 14.6 Å². The molecule has 1 N–H and O–H groups in total. The summed E-state index contributed by atoms with van der Waals surface area (Å²) in [6.07, 6.45) is 1.40. The Balaban J connectivity index is 2.88. The van der Waals surface area contributed by atoms with Crippen molar-refractivity contribution in [2.45, 2.75) is 29.1 Å². The summed E-state index contributed by atoms with van der Waals surface area (Å²) >= 11 is 6.55. The second-order valence-corrected chi connectivity index (χ2v) is 5.91. The number of hydrogen-bond donors (Lipinski definition) is 1. The quantitative estimate of drug-likeness (QED) is 0.780. The van der Waals surface area contributed by atoms with Crippen LogP contribution in [0.2, 0.25) is 0 Å². The first-order valence-corrected chi connectivity index (χ1v) is 7.00. The highest BCUT2D eigenvalue weighted by molar-refractivity contribution is 9.12. The third kappa shape index (κ3) is 4.00. The highest BCUT2D eigenvalue weighted by Gasteiger charge is 2.41. The lowest BCUT2D eigenvalue weighted by atomic mass is 10.1. The van der Waals surface area contributed by atoms with Crippen LogP contribution in [0.3, 0.4) is 0 Å². The van der Waals surface area contributed by atoms with E-state index in [2.05, 4.69) is 31.9 Å². The van der Waals surface area contributed by atoms with E-state index in [9.17, 15) is 4.79 Å². The predicted octanol–water partition coefficient (Wildman–Crippen LogP) is 3.80. The van der Waals surface area contributed by atoms with E-state index >= 15 is 0 Å². The van der Waals surface area contributed by atoms with Crippen LogP contribution in [0.15, 0.2) is 30.3 Å². The molecular formula is C12H14Br2O3. The number of halogens is 2. The Kier molecular flexibility index (Phi) is 5.46. The molecule has 3 nitrogen and oxygen atoms in total. The van der Waals surface area contributed by atoms with Gasteiger partial charge in [-0.05, 0) is 34.5 Å². The summed E-state index contributed by atoms with van der Waals surface area (Å²) < 4.78 is 4.82. The van der Waals surface area contributed by atoms with E-state index in [0.717, 1.165) is 6.42 Å². The van der Waals surface area contributed by atoms with E-state index in [1.807, 2.05) is 25.1 Å². The largest absolute Gasteiger partial charge is 0.480 e. The number of alkyl halides is 2. The topological polar surface area (TPSA) is 46.5 Å². The minimum absolute atomic E-state index is 0.587. The second-order valence-electron chi connectivity index (χ2n) is 3.65. The Morgan fingerprint density at radius 1 is 1.47 bits per heavy atom. The molecule has 0 bridgehead atoms. The van der Waals surface area contributed by atoms with Gasteiger partial charge in [0.25, 0.3) is 0 Å². The summed E-state index contributed by atoms with van der Waals surface area (Å²) in [7, 11) is 0. The van der Waals surface area contributed by atoms with Crippen molar-refractivity contribution in [1.29, 1.82) is 0 Å². The van der Waals surface area contributed by atoms with Crippen LogP contribution in [0.1, 0.15) is 19.8 Å². The standard InChI is InChI=1S/C12H14Br2O3/c1-2-8-12(14,10(13)11(15)16)17-9-6-4-3-5-7-9/h3-7,10H,2,8H2,1H3,(H,15,16). The Hall–Kier alpha value is -0.550. The molecule has 1 aromatic carbocycles. The molecule has 0 aromatic heterocycles. The normalized spacial score (nSPS) is 15.9. The van der Waals surface area contributed by atoms with Crippen molar-refractivity contribution in [3.8, 4) is 5.75 Å². The molecule has 0 saturated heterocycles. The molecule has 0 spiro atoms. The smallest absolute Gasteiger partial charge is 0.322 e. The third-order valence-corrected chi connectivity index (χ3v) is 4.98. The monoisotopic (exact) mass is 364 g/mol. The first-order valence-electron chi connectivity index (χ1n) is 5.29. The van der Waals surface area contributed by atoms with Crippen LogP contribution in [0, 0.1) is 0 Å². The van der Waals surface area contributed by atoms with Gasteiger partial charge in [-0.1, -0.05) is 47.5 Å². The molecule has 1 aromatic rings. The summed E-state index contributed by atoms with van der Waals surface area (Å²) in [5.41, 5.74) is 0. The van der Waals surface area contributed by atoms with Gasteiger partial charge in [-0.15, -0.1) is 0 Å². The number of carboxylic acids is 1. The van der Waals surface area contributed by atoms with Crippen molar-refractivity contribution in [3.05, 3.63) is 30.3 Å². The molecule has 94 valence electrons. The van der Waals surface area contributed by atoms with E-state index in [1.54, 1.807) is 12.1 Å². The zero-order chi connectivity index (χ0) is 12.9. The van der Waals surface area contributed by atoms with E-state index in [0.29, 0.717) is 12.2 Å². The summed E-state index contributed by atoms with van der Waals surface area (Å²) in [5.74, 6) is -0.310. The molecule has 5 heteroatoms. The van der Waals surface area contributed by atoms with Crippen LogP contribution < -0.4 is 4.74 Å². The number of ether oxygens (including phenoxy) is 1. The van der Waals surface area contributed by atoms with Crippen LogP contribution in [-0.4, -0.2) is 20.4 Å². The van der Waals surface area contributed by atoms with Gasteiger partial charge in [0.1, 0.15) is 5.75 Å². The average molecular weight is 366 g/mol. The molecule has 0 fully saturated rings. The molecule has 0 aliphatic heterocycles. The van der Waals surface area contributed by atoms with Gasteiger partial charge in [0.15, 0.2) is 9.34 Å². The lowest BCUT2D eigenvalue weighted by Gasteiger charge is -2.30. The fourth-order valence-electron chi connectivity index (χ4n) is 1.44. The number of hydrogen-bond acceptors (Lipinski definition) is 2. The van der Waals surface area contributed by atoms with Crippen LogP contribution in [-0.2, 0) is 4.79 Å². The van der Waals surface area contributed by atoms with Gasteiger partial charge in [0, 0.05) is 0 Å². The minimum Gasteiger partial charge on any atom is -0.480 e. The lowest BCUT2D eigenvalue weighted by molar-refractivity contribution is -0.138. The SMILES string of the molecule is CCCC(Br)(Oc1ccccc1)C(Br)C(=O)O. The van der Waals surface area contributed by atoms with Gasteiger partial charge in [0.2, 0.25) is 0 Å². The fourth-order valence-corrected chi connectivity index (χ4v) is 2.54. The van der Waals surface area contributed by atoms with Gasteiger partial charge >= 0.3 is 5.97 Å². The molecule has 0 radical (unpaired) electrons. The molecule has 0 heterocycles. The first-order chi connectivity index (χ1) is 7.99. The van der Waals surface area contributed by atoms with E-state index in [1.165, 1.54) is 0 Å². The van der Waals surface area contributed by atoms with Gasteiger partial charge in [-0.2, -0.15) is 0 Å². The van der Waals surface area contributed by atoms with Crippen LogP contribution >= 0.6 is 31.9 Å². The zero-order valence-corrected chi connectivity index (χ0v) is 12.6. The van der Waals surface area contributed by atoms with Crippen molar-refractivity contribution >= 4 is 37.8 Å². The zero-order valence-electron chi connectivity index (χ0n) is 9.40. The van der Waals surface area contributed by atoms with Crippen LogP contribution in [0.5, 0.6) is 5.75 Å². The summed E-state index contributed by atoms with van der Waals surface area (Å²) in [4.78, 5) is 10.2. The number of aliphatic carboxylic acids is 1. The maximum absolute atomic E-state index is 11.1. The molecule has 0 amide bonds. The van der Waals surface area contributed by atoms with E-state index in [4.69, 9.17) is 9.84 Å². The highest BCUT2D eigenvalue weighted by Crippen LogP contribution is 2.35. The fraction of sp³-hybridized carbons (Fsp3) is 0.417. The molecule has 0 aliphatic carbocycles. The van der Waals surface area contributed by atoms with Gasteiger partial charge in [0.05, 0.1) is 0 Å². The summed E-state index contributed by atoms with van der Waals surface area (Å²) in [6, 6.07) is 9.17. The molecule has 1 rings (SSSR count). The average Bonchev–Trinajstić information content (AvgIpc) is 2.29. The molecule has 2 atom stereocenters. The van der Waals surface area contributed by atoms with Crippen molar-refractivity contribution in [2.24, 2.45) is 0 Å². The number of benzene rings is 1. The van der Waals surface area contributed by atoms with E-state index < -0.39 is 15.3 Å². The Bertz CT molecular complexity index is 369. The molecule has 17 heavy (non-hydrogen) atoms. The molecular weight excluding hydrogens is 352 g/mol. The number of carboxylic acid groups (broad SMARTS) is 1. The summed E-state index contributed by atoms with van der Waals surface area (Å²) in [5, 5.41) is 9.07. The minimum atomic E-state index is -0.953. The van der Waals surface area contributed by atoms with Crippen LogP contribution in [0.4, 0.5) is 0 Å².